The van der Waals surface area contributed by atoms with Crippen molar-refractivity contribution in [1.29, 1.82) is 0 Å². The largest absolute Gasteiger partial charge is 0.416 e. The second-order valence-electron chi connectivity index (χ2n) is 6.39. The van der Waals surface area contributed by atoms with Crippen LogP contribution in [0.3, 0.4) is 0 Å². The highest BCUT2D eigenvalue weighted by Crippen LogP contribution is 2.31. The number of nitrogens with zero attached hydrogens (tertiary/aromatic N) is 3. The molecule has 1 fully saturated rings. The predicted molar refractivity (Wildman–Crippen MR) is 93.3 cm³/mol. The molecule has 1 aromatic carbocycles. The number of carbonyl (C=O) groups excluding carboxylic acids is 2. The van der Waals surface area contributed by atoms with Gasteiger partial charge in [0, 0.05) is 25.3 Å². The van der Waals surface area contributed by atoms with E-state index >= 15 is 0 Å². The van der Waals surface area contributed by atoms with Crippen LogP contribution in [0.4, 0.5) is 18.0 Å². The van der Waals surface area contributed by atoms with Crippen molar-refractivity contribution in [2.75, 3.05) is 7.05 Å². The van der Waals surface area contributed by atoms with Gasteiger partial charge in [-0.15, -0.1) is 10.2 Å². The predicted octanol–water partition coefficient (Wildman–Crippen LogP) is 3.11. The van der Waals surface area contributed by atoms with Gasteiger partial charge in [0.25, 0.3) is 5.22 Å². The molecule has 1 N–H and O–H groups in total. The van der Waals surface area contributed by atoms with Crippen LogP contribution in [0.25, 0.3) is 0 Å². The Bertz CT molecular complexity index is 887. The van der Waals surface area contributed by atoms with Crippen LogP contribution in [0.5, 0.6) is 0 Å². The summed E-state index contributed by atoms with van der Waals surface area (Å²) in [4.78, 5) is 24.9. The smallest absolute Gasteiger partial charge is 0.416 e. The summed E-state index contributed by atoms with van der Waals surface area (Å²) in [7, 11) is 1.39. The van der Waals surface area contributed by atoms with Gasteiger partial charge in [0.15, 0.2) is 0 Å². The van der Waals surface area contributed by atoms with Gasteiger partial charge < -0.3 is 9.73 Å². The molecule has 3 rings (SSSR count). The van der Waals surface area contributed by atoms with Crippen molar-refractivity contribution in [3.05, 3.63) is 41.3 Å². The highest BCUT2D eigenvalue weighted by molar-refractivity contribution is 7.98. The maximum atomic E-state index is 12.8. The molecule has 2 heterocycles. The van der Waals surface area contributed by atoms with Crippen LogP contribution in [0.1, 0.15) is 23.9 Å². The van der Waals surface area contributed by atoms with E-state index in [0.717, 1.165) is 28.8 Å². The van der Waals surface area contributed by atoms with Crippen molar-refractivity contribution >= 4 is 23.7 Å². The third-order valence-electron chi connectivity index (χ3n) is 4.37. The molecule has 3 amide bonds. The zero-order valence-electron chi connectivity index (χ0n) is 15.0. The number of aromatic nitrogens is 2. The lowest BCUT2D eigenvalue weighted by atomic mass is 9.94. The van der Waals surface area contributed by atoms with Crippen molar-refractivity contribution in [1.82, 2.24) is 20.4 Å². The van der Waals surface area contributed by atoms with E-state index in [9.17, 15) is 22.8 Å². The summed E-state index contributed by atoms with van der Waals surface area (Å²) in [6, 6.07) is 4.17. The van der Waals surface area contributed by atoms with Gasteiger partial charge in [-0.2, -0.15) is 13.2 Å². The number of carbonyl (C=O) groups is 2. The minimum absolute atomic E-state index is 0.155. The Morgan fingerprint density at radius 2 is 2.04 bits per heavy atom. The molecule has 7 nitrogen and oxygen atoms in total. The lowest BCUT2D eigenvalue weighted by molar-refractivity contribution is -0.137. The number of hydrogen-bond acceptors (Lipinski definition) is 6. The number of halogens is 3. The summed E-state index contributed by atoms with van der Waals surface area (Å²) < 4.78 is 43.8. The highest BCUT2D eigenvalue weighted by atomic mass is 32.2. The third kappa shape index (κ3) is 4.46. The van der Waals surface area contributed by atoms with Crippen LogP contribution in [-0.2, 0) is 23.1 Å². The van der Waals surface area contributed by atoms with E-state index < -0.39 is 23.7 Å². The standard InChI is InChI=1S/C17H17F3N4O3S/c1-9-12(14(25)24(2)15(26)21-9)7-13-22-23-16(27-13)28-8-10-4-3-5-11(6-10)17(18,19)20/h3-6,9,12H,7-8H2,1-2H3,(H,21,26). The van der Waals surface area contributed by atoms with Crippen LogP contribution < -0.4 is 5.32 Å². The summed E-state index contributed by atoms with van der Waals surface area (Å²) in [6.45, 7) is 1.72. The van der Waals surface area contributed by atoms with Crippen LogP contribution in [0.15, 0.2) is 33.9 Å². The lowest BCUT2D eigenvalue weighted by Crippen LogP contribution is -2.58. The Kier molecular flexibility index (Phi) is 5.64. The van der Waals surface area contributed by atoms with Gasteiger partial charge in [0.05, 0.1) is 11.5 Å². The summed E-state index contributed by atoms with van der Waals surface area (Å²) in [5.41, 5.74) is -0.243. The minimum Gasteiger partial charge on any atom is -0.416 e. The fourth-order valence-corrected chi connectivity index (χ4v) is 3.49. The van der Waals surface area contributed by atoms with Gasteiger partial charge >= 0.3 is 12.2 Å². The molecule has 0 radical (unpaired) electrons. The van der Waals surface area contributed by atoms with E-state index in [4.69, 9.17) is 4.42 Å². The van der Waals surface area contributed by atoms with E-state index in [1.807, 2.05) is 0 Å². The molecule has 1 aliphatic rings. The number of urea groups is 1. The van der Waals surface area contributed by atoms with Crippen molar-refractivity contribution in [3.8, 4) is 0 Å². The molecule has 1 aromatic heterocycles. The van der Waals surface area contributed by atoms with Gasteiger partial charge in [-0.3, -0.25) is 9.69 Å². The number of rotatable bonds is 5. The quantitative estimate of drug-likeness (QED) is 0.757. The Balaban J connectivity index is 1.62. The third-order valence-corrected chi connectivity index (χ3v) is 5.26. The zero-order chi connectivity index (χ0) is 20.5. The fraction of sp³-hybridized carbons (Fsp3) is 0.412. The van der Waals surface area contributed by atoms with E-state index in [2.05, 4.69) is 15.5 Å². The van der Waals surface area contributed by atoms with Crippen molar-refractivity contribution in [2.45, 2.75) is 36.5 Å². The van der Waals surface area contributed by atoms with Gasteiger partial charge in [-0.1, -0.05) is 30.0 Å². The lowest BCUT2D eigenvalue weighted by Gasteiger charge is -2.33. The molecule has 0 spiro atoms. The van der Waals surface area contributed by atoms with Crippen molar-refractivity contribution < 1.29 is 27.2 Å². The van der Waals surface area contributed by atoms with Crippen LogP contribution in [0.2, 0.25) is 0 Å². The van der Waals surface area contributed by atoms with Gasteiger partial charge in [0.2, 0.25) is 11.8 Å². The molecule has 0 aliphatic carbocycles. The Morgan fingerprint density at radius 1 is 1.29 bits per heavy atom. The summed E-state index contributed by atoms with van der Waals surface area (Å²) in [5.74, 6) is -0.429. The van der Waals surface area contributed by atoms with Crippen molar-refractivity contribution in [3.63, 3.8) is 0 Å². The van der Waals surface area contributed by atoms with E-state index in [-0.39, 0.29) is 35.2 Å². The van der Waals surface area contributed by atoms with Crippen LogP contribution in [-0.4, -0.2) is 40.1 Å². The first-order valence-corrected chi connectivity index (χ1v) is 9.33. The van der Waals surface area contributed by atoms with E-state index in [0.29, 0.717) is 5.56 Å². The van der Waals surface area contributed by atoms with E-state index in [1.165, 1.54) is 13.1 Å². The van der Waals surface area contributed by atoms with Gasteiger partial charge in [-0.25, -0.2) is 4.79 Å². The molecular formula is C17H17F3N4O3S. The molecule has 1 saturated heterocycles. The first kappa shape index (κ1) is 20.2. The Labute approximate surface area is 162 Å². The number of thioether (sulfide) groups is 1. The van der Waals surface area contributed by atoms with Crippen LogP contribution >= 0.6 is 11.8 Å². The molecule has 28 heavy (non-hydrogen) atoms. The first-order chi connectivity index (χ1) is 13.1. The average Bonchev–Trinajstić information content (AvgIpc) is 3.09. The molecule has 2 atom stereocenters. The molecule has 2 unspecified atom stereocenters. The molecule has 0 bridgehead atoms. The molecule has 1 aliphatic heterocycles. The fourth-order valence-electron chi connectivity index (χ4n) is 2.77. The SMILES string of the molecule is CC1NC(=O)N(C)C(=O)C1Cc1nnc(SCc2cccc(C(F)(F)F)c2)o1. The van der Waals surface area contributed by atoms with Crippen LogP contribution in [0, 0.1) is 5.92 Å². The second kappa shape index (κ2) is 7.82. The minimum atomic E-state index is -4.40. The molecule has 150 valence electrons. The average molecular weight is 414 g/mol. The summed E-state index contributed by atoms with van der Waals surface area (Å²) >= 11 is 1.11. The van der Waals surface area contributed by atoms with Gasteiger partial charge in [0.1, 0.15) is 0 Å². The number of nitrogens with one attached hydrogen (secondary N) is 1. The number of benzene rings is 1. The molecule has 0 saturated carbocycles. The highest BCUT2D eigenvalue weighted by Gasteiger charge is 2.38. The summed E-state index contributed by atoms with van der Waals surface area (Å²) in [6.07, 6.45) is -4.24. The van der Waals surface area contributed by atoms with E-state index in [1.54, 1.807) is 13.0 Å². The monoisotopic (exact) mass is 414 g/mol. The maximum absolute atomic E-state index is 12.8. The second-order valence-corrected chi connectivity index (χ2v) is 7.32. The number of alkyl halides is 3. The number of imide groups is 1. The normalized spacial score (nSPS) is 20.4. The molecular weight excluding hydrogens is 397 g/mol. The number of amides is 3. The zero-order valence-corrected chi connectivity index (χ0v) is 15.8. The topological polar surface area (TPSA) is 88.3 Å². The van der Waals surface area contributed by atoms with Gasteiger partial charge in [-0.05, 0) is 18.6 Å². The number of hydrogen-bond donors (Lipinski definition) is 1. The van der Waals surface area contributed by atoms with Crippen molar-refractivity contribution in [2.24, 2.45) is 5.92 Å². The first-order valence-electron chi connectivity index (χ1n) is 8.34. The summed E-state index contributed by atoms with van der Waals surface area (Å²) in [5, 5.41) is 10.6. The Morgan fingerprint density at radius 3 is 2.75 bits per heavy atom. The Hall–Kier alpha value is -2.56. The molecule has 11 heteroatoms. The molecule has 2 aromatic rings. The maximum Gasteiger partial charge on any atom is 0.416 e.